The van der Waals surface area contributed by atoms with Gasteiger partial charge in [-0.05, 0) is 55.5 Å². The van der Waals surface area contributed by atoms with Crippen LogP contribution in [0.3, 0.4) is 0 Å². The Hall–Kier alpha value is -3.28. The summed E-state index contributed by atoms with van der Waals surface area (Å²) >= 11 is 6.40. The van der Waals surface area contributed by atoms with Gasteiger partial charge in [-0.3, -0.25) is 14.3 Å². The third-order valence-corrected chi connectivity index (χ3v) is 4.90. The monoisotopic (exact) mass is 417 g/mol. The van der Waals surface area contributed by atoms with Crippen LogP contribution in [-0.4, -0.2) is 21.1 Å². The van der Waals surface area contributed by atoms with E-state index in [1.54, 1.807) is 24.3 Å². The molecule has 0 amide bonds. The standard InChI is InChI=1S/C24H20ClN3O2/c1-2-30-16-18-9-7-8-17(26-18)14-15-23-27-21-12-5-3-10-19(21)24(29)28(23)22-13-6-4-11-20(22)25/h3-15H,2,16H2,1H3/b15-14+. The van der Waals surface area contributed by atoms with Gasteiger partial charge in [0.15, 0.2) is 0 Å². The minimum atomic E-state index is -0.175. The molecule has 0 aliphatic carbocycles. The molecule has 0 fully saturated rings. The molecule has 0 aliphatic rings. The normalized spacial score (nSPS) is 11.4. The highest BCUT2D eigenvalue weighted by molar-refractivity contribution is 6.32. The van der Waals surface area contributed by atoms with E-state index in [-0.39, 0.29) is 5.56 Å². The van der Waals surface area contributed by atoms with Crippen molar-refractivity contribution in [3.63, 3.8) is 0 Å². The molecule has 2 heterocycles. The van der Waals surface area contributed by atoms with Gasteiger partial charge in [0.25, 0.3) is 5.56 Å². The molecule has 0 N–H and O–H groups in total. The summed E-state index contributed by atoms with van der Waals surface area (Å²) in [4.78, 5) is 22.6. The number of halogens is 1. The summed E-state index contributed by atoms with van der Waals surface area (Å²) in [5.74, 6) is 0.476. The number of fused-ring (bicyclic) bond motifs is 1. The third kappa shape index (κ3) is 4.17. The fraction of sp³-hybridized carbons (Fsp3) is 0.125. The van der Waals surface area contributed by atoms with Gasteiger partial charge < -0.3 is 4.74 Å². The molecule has 0 spiro atoms. The van der Waals surface area contributed by atoms with Gasteiger partial charge in [0, 0.05) is 6.61 Å². The maximum atomic E-state index is 13.3. The summed E-state index contributed by atoms with van der Waals surface area (Å²) in [7, 11) is 0. The van der Waals surface area contributed by atoms with Crippen molar-refractivity contribution in [1.29, 1.82) is 0 Å². The van der Waals surface area contributed by atoms with Gasteiger partial charge in [-0.1, -0.05) is 41.9 Å². The molecule has 4 rings (SSSR count). The van der Waals surface area contributed by atoms with Gasteiger partial charge in [0.05, 0.1) is 39.6 Å². The molecule has 5 nitrogen and oxygen atoms in total. The quantitative estimate of drug-likeness (QED) is 0.435. The molecule has 0 saturated heterocycles. The van der Waals surface area contributed by atoms with Gasteiger partial charge >= 0.3 is 0 Å². The zero-order chi connectivity index (χ0) is 20.9. The summed E-state index contributed by atoms with van der Waals surface area (Å²) in [6.45, 7) is 3.03. The summed E-state index contributed by atoms with van der Waals surface area (Å²) < 4.78 is 6.97. The van der Waals surface area contributed by atoms with Crippen LogP contribution < -0.4 is 5.56 Å². The zero-order valence-electron chi connectivity index (χ0n) is 16.5. The van der Waals surface area contributed by atoms with E-state index in [0.717, 1.165) is 11.4 Å². The molecule has 0 saturated carbocycles. The molecule has 0 radical (unpaired) electrons. The Labute approximate surface area is 179 Å². The molecule has 2 aromatic carbocycles. The van der Waals surface area contributed by atoms with E-state index in [1.165, 1.54) is 4.57 Å². The minimum Gasteiger partial charge on any atom is -0.375 e. The number of hydrogen-bond acceptors (Lipinski definition) is 4. The fourth-order valence-corrected chi connectivity index (χ4v) is 3.39. The van der Waals surface area contributed by atoms with Crippen LogP contribution in [0.2, 0.25) is 5.02 Å². The van der Waals surface area contributed by atoms with Crippen LogP contribution in [0.15, 0.2) is 71.5 Å². The molecule has 150 valence electrons. The minimum absolute atomic E-state index is 0.175. The van der Waals surface area contributed by atoms with E-state index < -0.39 is 0 Å². The SMILES string of the molecule is CCOCc1cccc(/C=C/c2nc3ccccc3c(=O)n2-c2ccccc2Cl)n1. The van der Waals surface area contributed by atoms with Crippen molar-refractivity contribution >= 4 is 34.7 Å². The number of nitrogens with zero attached hydrogens (tertiary/aromatic N) is 3. The lowest BCUT2D eigenvalue weighted by atomic mass is 10.2. The summed E-state index contributed by atoms with van der Waals surface area (Å²) in [5.41, 5.74) is 2.63. The number of rotatable bonds is 6. The van der Waals surface area contributed by atoms with Crippen LogP contribution in [0.25, 0.3) is 28.7 Å². The Balaban J connectivity index is 1.84. The lowest BCUT2D eigenvalue weighted by Crippen LogP contribution is -2.22. The first-order valence-corrected chi connectivity index (χ1v) is 10.0. The second-order valence-corrected chi connectivity index (χ2v) is 7.01. The number of benzene rings is 2. The maximum absolute atomic E-state index is 13.3. The van der Waals surface area contributed by atoms with Crippen LogP contribution in [0.1, 0.15) is 24.1 Å². The highest BCUT2D eigenvalue weighted by Crippen LogP contribution is 2.21. The van der Waals surface area contributed by atoms with Crippen LogP contribution >= 0.6 is 11.6 Å². The van der Waals surface area contributed by atoms with E-state index in [0.29, 0.717) is 40.7 Å². The summed E-state index contributed by atoms with van der Waals surface area (Å²) in [6.07, 6.45) is 3.61. The molecule has 2 aromatic heterocycles. The molecule has 6 heteroatoms. The Morgan fingerprint density at radius 2 is 1.77 bits per heavy atom. The second kappa shape index (κ2) is 9.03. The van der Waals surface area contributed by atoms with Crippen molar-refractivity contribution in [3.8, 4) is 5.69 Å². The Kier molecular flexibility index (Phi) is 6.02. The summed E-state index contributed by atoms with van der Waals surface area (Å²) in [6, 6.07) is 20.2. The first kappa shape index (κ1) is 20.0. The third-order valence-electron chi connectivity index (χ3n) is 4.58. The lowest BCUT2D eigenvalue weighted by Gasteiger charge is -2.12. The molecular formula is C24H20ClN3O2. The number of pyridine rings is 1. The van der Waals surface area contributed by atoms with E-state index >= 15 is 0 Å². The van der Waals surface area contributed by atoms with E-state index in [2.05, 4.69) is 4.98 Å². The molecule has 0 unspecified atom stereocenters. The first-order valence-electron chi connectivity index (χ1n) is 9.66. The molecule has 0 bridgehead atoms. The van der Waals surface area contributed by atoms with Crippen molar-refractivity contribution < 1.29 is 4.74 Å². The van der Waals surface area contributed by atoms with Crippen molar-refractivity contribution in [2.45, 2.75) is 13.5 Å². The van der Waals surface area contributed by atoms with Crippen molar-refractivity contribution in [1.82, 2.24) is 14.5 Å². The topological polar surface area (TPSA) is 57.0 Å². The molecule has 0 atom stereocenters. The molecular weight excluding hydrogens is 398 g/mol. The van der Waals surface area contributed by atoms with Gasteiger partial charge in [0.1, 0.15) is 5.82 Å². The predicted molar refractivity (Wildman–Crippen MR) is 121 cm³/mol. The smallest absolute Gasteiger partial charge is 0.266 e. The number of para-hydroxylation sites is 2. The maximum Gasteiger partial charge on any atom is 0.266 e. The van der Waals surface area contributed by atoms with E-state index in [9.17, 15) is 4.79 Å². The second-order valence-electron chi connectivity index (χ2n) is 6.60. The molecule has 0 aliphatic heterocycles. The number of ether oxygens (including phenoxy) is 1. The van der Waals surface area contributed by atoms with Crippen molar-refractivity contribution in [2.75, 3.05) is 6.61 Å². The Morgan fingerprint density at radius 1 is 0.967 bits per heavy atom. The fourth-order valence-electron chi connectivity index (χ4n) is 3.17. The van der Waals surface area contributed by atoms with Crippen LogP contribution in [-0.2, 0) is 11.3 Å². The first-order chi connectivity index (χ1) is 14.7. The number of aromatic nitrogens is 3. The average Bonchev–Trinajstić information content (AvgIpc) is 2.77. The highest BCUT2D eigenvalue weighted by atomic mass is 35.5. The predicted octanol–water partition coefficient (Wildman–Crippen LogP) is 5.14. The van der Waals surface area contributed by atoms with Crippen LogP contribution in [0, 0.1) is 0 Å². The van der Waals surface area contributed by atoms with E-state index in [1.807, 2.05) is 61.5 Å². The van der Waals surface area contributed by atoms with Gasteiger partial charge in [-0.15, -0.1) is 0 Å². The average molecular weight is 418 g/mol. The Morgan fingerprint density at radius 3 is 2.60 bits per heavy atom. The summed E-state index contributed by atoms with van der Waals surface area (Å²) in [5, 5.41) is 1.01. The van der Waals surface area contributed by atoms with Crippen molar-refractivity contribution in [2.24, 2.45) is 0 Å². The van der Waals surface area contributed by atoms with Gasteiger partial charge in [-0.2, -0.15) is 0 Å². The lowest BCUT2D eigenvalue weighted by molar-refractivity contribution is 0.131. The largest absolute Gasteiger partial charge is 0.375 e. The molecule has 30 heavy (non-hydrogen) atoms. The number of hydrogen-bond donors (Lipinski definition) is 0. The van der Waals surface area contributed by atoms with Crippen LogP contribution in [0.5, 0.6) is 0 Å². The van der Waals surface area contributed by atoms with E-state index in [4.69, 9.17) is 21.3 Å². The molecule has 4 aromatic rings. The van der Waals surface area contributed by atoms with Gasteiger partial charge in [0.2, 0.25) is 0 Å². The van der Waals surface area contributed by atoms with Gasteiger partial charge in [-0.25, -0.2) is 4.98 Å². The van der Waals surface area contributed by atoms with Crippen molar-refractivity contribution in [3.05, 3.63) is 99.3 Å². The highest BCUT2D eigenvalue weighted by Gasteiger charge is 2.13. The Bertz CT molecular complexity index is 1280. The zero-order valence-corrected chi connectivity index (χ0v) is 17.2. The van der Waals surface area contributed by atoms with Crippen LogP contribution in [0.4, 0.5) is 0 Å².